The van der Waals surface area contributed by atoms with E-state index in [0.717, 1.165) is 12.6 Å². The Morgan fingerprint density at radius 1 is 0.950 bits per heavy atom. The summed E-state index contributed by atoms with van der Waals surface area (Å²) in [4.78, 5) is 5.52. The summed E-state index contributed by atoms with van der Waals surface area (Å²) in [6.45, 7) is 8.29. The molecule has 1 saturated heterocycles. The summed E-state index contributed by atoms with van der Waals surface area (Å²) in [7, 11) is 0. The van der Waals surface area contributed by atoms with Gasteiger partial charge in [-0.25, -0.2) is 0 Å². The topological polar surface area (TPSA) is 32.5 Å². The molecule has 1 saturated carbocycles. The molecular formula is C17H35N3. The molecule has 1 aliphatic heterocycles. The van der Waals surface area contributed by atoms with Gasteiger partial charge in [-0.3, -0.25) is 9.80 Å². The highest BCUT2D eigenvalue weighted by Gasteiger charge is 2.25. The van der Waals surface area contributed by atoms with Crippen LogP contribution in [0.4, 0.5) is 0 Å². The molecular weight excluding hydrogens is 246 g/mol. The Hall–Kier alpha value is -0.120. The first kappa shape index (κ1) is 16.3. The summed E-state index contributed by atoms with van der Waals surface area (Å²) in [5, 5.41) is 0. The van der Waals surface area contributed by atoms with Crippen LogP contribution in [-0.2, 0) is 0 Å². The minimum atomic E-state index is 0.717. The van der Waals surface area contributed by atoms with Crippen molar-refractivity contribution >= 4 is 0 Å². The molecule has 20 heavy (non-hydrogen) atoms. The van der Waals surface area contributed by atoms with E-state index in [1.54, 1.807) is 0 Å². The van der Waals surface area contributed by atoms with E-state index in [-0.39, 0.29) is 0 Å². The van der Waals surface area contributed by atoms with Gasteiger partial charge in [0.25, 0.3) is 0 Å². The first-order valence-corrected chi connectivity index (χ1v) is 9.03. The zero-order valence-corrected chi connectivity index (χ0v) is 13.5. The first-order chi connectivity index (χ1) is 9.85. The van der Waals surface area contributed by atoms with Crippen molar-refractivity contribution in [2.75, 3.05) is 32.7 Å². The van der Waals surface area contributed by atoms with Gasteiger partial charge in [0.1, 0.15) is 0 Å². The van der Waals surface area contributed by atoms with Gasteiger partial charge in [0.05, 0.1) is 0 Å². The second kappa shape index (κ2) is 9.01. The van der Waals surface area contributed by atoms with Crippen molar-refractivity contribution in [2.24, 2.45) is 5.73 Å². The maximum absolute atomic E-state index is 5.78. The average molecular weight is 281 g/mol. The van der Waals surface area contributed by atoms with Crippen LogP contribution in [0.1, 0.15) is 64.7 Å². The molecule has 0 aromatic rings. The van der Waals surface area contributed by atoms with Crippen LogP contribution in [0.5, 0.6) is 0 Å². The second-order valence-corrected chi connectivity index (χ2v) is 6.71. The van der Waals surface area contributed by atoms with Gasteiger partial charge in [-0.2, -0.15) is 0 Å². The highest BCUT2D eigenvalue weighted by Crippen LogP contribution is 2.23. The SMILES string of the molecule is CCC(CCN)N1CCCN(C2CCCCCC2)CC1. The second-order valence-electron chi connectivity index (χ2n) is 6.71. The molecule has 0 aromatic heterocycles. The van der Waals surface area contributed by atoms with E-state index in [1.165, 1.54) is 84.0 Å². The summed E-state index contributed by atoms with van der Waals surface area (Å²) in [5.74, 6) is 0. The van der Waals surface area contributed by atoms with Crippen LogP contribution in [-0.4, -0.2) is 54.6 Å². The van der Waals surface area contributed by atoms with E-state index < -0.39 is 0 Å². The smallest absolute Gasteiger partial charge is 0.0112 e. The summed E-state index contributed by atoms with van der Waals surface area (Å²) in [6.07, 6.45) is 12.5. The zero-order chi connectivity index (χ0) is 14.2. The monoisotopic (exact) mass is 281 g/mol. The molecule has 1 aliphatic carbocycles. The average Bonchev–Trinajstić information content (AvgIpc) is 2.87. The van der Waals surface area contributed by atoms with Crippen LogP contribution >= 0.6 is 0 Å². The minimum absolute atomic E-state index is 0.717. The highest BCUT2D eigenvalue weighted by molar-refractivity contribution is 4.81. The molecule has 0 aromatic carbocycles. The fourth-order valence-electron chi connectivity index (χ4n) is 4.15. The fraction of sp³-hybridized carbons (Fsp3) is 1.00. The third-order valence-corrected chi connectivity index (χ3v) is 5.39. The quantitative estimate of drug-likeness (QED) is 0.787. The van der Waals surface area contributed by atoms with E-state index in [9.17, 15) is 0 Å². The fourth-order valence-corrected chi connectivity index (χ4v) is 4.15. The van der Waals surface area contributed by atoms with E-state index in [4.69, 9.17) is 5.73 Å². The van der Waals surface area contributed by atoms with Gasteiger partial charge in [0.15, 0.2) is 0 Å². The number of nitrogens with zero attached hydrogens (tertiary/aromatic N) is 2. The maximum Gasteiger partial charge on any atom is 0.0112 e. The van der Waals surface area contributed by atoms with Crippen molar-refractivity contribution in [3.63, 3.8) is 0 Å². The molecule has 2 fully saturated rings. The van der Waals surface area contributed by atoms with Crippen LogP contribution in [0, 0.1) is 0 Å². The molecule has 0 spiro atoms. The molecule has 2 rings (SSSR count). The first-order valence-electron chi connectivity index (χ1n) is 9.03. The van der Waals surface area contributed by atoms with Crippen molar-refractivity contribution in [1.29, 1.82) is 0 Å². The normalized spacial score (nSPS) is 26.1. The molecule has 2 aliphatic rings. The summed E-state index contributed by atoms with van der Waals surface area (Å²) in [6, 6.07) is 1.60. The van der Waals surface area contributed by atoms with E-state index >= 15 is 0 Å². The zero-order valence-electron chi connectivity index (χ0n) is 13.5. The number of nitrogens with two attached hydrogens (primary N) is 1. The van der Waals surface area contributed by atoms with Gasteiger partial charge < -0.3 is 5.73 Å². The lowest BCUT2D eigenvalue weighted by atomic mass is 10.1. The van der Waals surface area contributed by atoms with Crippen LogP contribution in [0.2, 0.25) is 0 Å². The number of hydrogen-bond acceptors (Lipinski definition) is 3. The molecule has 2 N–H and O–H groups in total. The van der Waals surface area contributed by atoms with Gasteiger partial charge in [-0.1, -0.05) is 32.6 Å². The highest BCUT2D eigenvalue weighted by atomic mass is 15.2. The molecule has 0 amide bonds. The van der Waals surface area contributed by atoms with E-state index in [0.29, 0.717) is 6.04 Å². The van der Waals surface area contributed by atoms with Crippen LogP contribution < -0.4 is 5.73 Å². The Morgan fingerprint density at radius 2 is 1.70 bits per heavy atom. The largest absolute Gasteiger partial charge is 0.330 e. The Balaban J connectivity index is 1.84. The Labute approximate surface area is 125 Å². The lowest BCUT2D eigenvalue weighted by Crippen LogP contribution is -2.41. The predicted molar refractivity (Wildman–Crippen MR) is 87.0 cm³/mol. The van der Waals surface area contributed by atoms with E-state index in [1.807, 2.05) is 0 Å². The Bertz CT molecular complexity index is 249. The van der Waals surface area contributed by atoms with Crippen LogP contribution in [0.3, 0.4) is 0 Å². The van der Waals surface area contributed by atoms with Gasteiger partial charge in [-0.15, -0.1) is 0 Å². The molecule has 1 unspecified atom stereocenters. The van der Waals surface area contributed by atoms with Crippen LogP contribution in [0.25, 0.3) is 0 Å². The maximum atomic E-state index is 5.78. The lowest BCUT2D eigenvalue weighted by Gasteiger charge is -2.32. The lowest BCUT2D eigenvalue weighted by molar-refractivity contribution is 0.161. The van der Waals surface area contributed by atoms with Crippen molar-refractivity contribution in [3.05, 3.63) is 0 Å². The van der Waals surface area contributed by atoms with Gasteiger partial charge in [0, 0.05) is 25.2 Å². The van der Waals surface area contributed by atoms with Crippen molar-refractivity contribution in [3.8, 4) is 0 Å². The molecule has 0 radical (unpaired) electrons. The standard InChI is InChI=1S/C17H35N3/c1-2-16(10-11-18)19-12-7-13-20(15-14-19)17-8-5-3-4-6-9-17/h16-17H,2-15,18H2,1H3. The molecule has 3 nitrogen and oxygen atoms in total. The molecule has 3 heteroatoms. The van der Waals surface area contributed by atoms with Crippen molar-refractivity contribution in [1.82, 2.24) is 9.80 Å². The van der Waals surface area contributed by atoms with Gasteiger partial charge in [0.2, 0.25) is 0 Å². The Kier molecular flexibility index (Phi) is 7.32. The van der Waals surface area contributed by atoms with E-state index in [2.05, 4.69) is 16.7 Å². The van der Waals surface area contributed by atoms with Crippen LogP contribution in [0.15, 0.2) is 0 Å². The summed E-state index contributed by atoms with van der Waals surface area (Å²) >= 11 is 0. The van der Waals surface area contributed by atoms with Crippen molar-refractivity contribution in [2.45, 2.75) is 76.8 Å². The summed E-state index contributed by atoms with van der Waals surface area (Å²) < 4.78 is 0. The summed E-state index contributed by atoms with van der Waals surface area (Å²) in [5.41, 5.74) is 5.78. The number of hydrogen-bond donors (Lipinski definition) is 1. The molecule has 118 valence electrons. The molecule has 0 bridgehead atoms. The molecule has 1 atom stereocenters. The van der Waals surface area contributed by atoms with Gasteiger partial charge in [-0.05, 0) is 51.7 Å². The third kappa shape index (κ3) is 4.71. The van der Waals surface area contributed by atoms with Crippen molar-refractivity contribution < 1.29 is 0 Å². The third-order valence-electron chi connectivity index (χ3n) is 5.39. The molecule has 1 heterocycles. The Morgan fingerprint density at radius 3 is 2.35 bits per heavy atom. The number of rotatable bonds is 5. The minimum Gasteiger partial charge on any atom is -0.330 e. The van der Waals surface area contributed by atoms with Gasteiger partial charge >= 0.3 is 0 Å². The predicted octanol–water partition coefficient (Wildman–Crippen LogP) is 2.84.